The number of rotatable bonds is 2. The van der Waals surface area contributed by atoms with E-state index in [1.54, 1.807) is 0 Å². The van der Waals surface area contributed by atoms with Crippen LogP contribution >= 0.6 is 11.8 Å². The quantitative estimate of drug-likeness (QED) is 0.181. The largest absolute Gasteiger partial charge is 0.309 e. The molecule has 0 radical (unpaired) electrons. The maximum absolute atomic E-state index is 2.52. The lowest BCUT2D eigenvalue weighted by Gasteiger charge is -2.22. The molecule has 0 saturated heterocycles. The van der Waals surface area contributed by atoms with Crippen LogP contribution in [0.2, 0.25) is 0 Å². The zero-order valence-electron chi connectivity index (χ0n) is 26.8. The number of hydrogen-bond acceptors (Lipinski definition) is 1. The fourth-order valence-corrected chi connectivity index (χ4v) is 9.82. The van der Waals surface area contributed by atoms with E-state index >= 15 is 0 Å². The summed E-state index contributed by atoms with van der Waals surface area (Å²) < 4.78 is 7.45. The molecule has 0 aliphatic carbocycles. The van der Waals surface area contributed by atoms with E-state index in [9.17, 15) is 0 Å². The molecule has 1 aliphatic heterocycles. The number of benzene rings is 8. The highest BCUT2D eigenvalue weighted by Crippen LogP contribution is 2.50. The first-order valence-electron chi connectivity index (χ1n) is 17.1. The summed E-state index contributed by atoms with van der Waals surface area (Å²) in [5.74, 6) is 0. The van der Waals surface area contributed by atoms with Crippen molar-refractivity contribution in [2.45, 2.75) is 9.79 Å². The average Bonchev–Trinajstić information content (AvgIpc) is 3.81. The second-order valence-electron chi connectivity index (χ2n) is 13.4. The minimum Gasteiger partial charge on any atom is -0.309 e. The van der Waals surface area contributed by atoms with Crippen LogP contribution in [0.15, 0.2) is 174 Å². The van der Waals surface area contributed by atoms with Crippen LogP contribution in [0.1, 0.15) is 0 Å². The third-order valence-electron chi connectivity index (χ3n) is 10.8. The molecule has 12 rings (SSSR count). The van der Waals surface area contributed by atoms with Crippen LogP contribution in [0.25, 0.3) is 93.3 Å². The Kier molecular flexibility index (Phi) is 5.17. The highest BCUT2D eigenvalue weighted by molar-refractivity contribution is 7.99. The molecule has 11 aromatic rings. The molecule has 0 spiro atoms. The van der Waals surface area contributed by atoms with E-state index in [0.717, 1.165) is 0 Å². The van der Waals surface area contributed by atoms with Gasteiger partial charge < -0.3 is 4.57 Å². The van der Waals surface area contributed by atoms with Gasteiger partial charge in [0.1, 0.15) is 5.65 Å². The van der Waals surface area contributed by atoms with Crippen LogP contribution in [0.4, 0.5) is 0 Å². The number of para-hydroxylation sites is 3. The first kappa shape index (κ1) is 26.7. The molecular formula is C46H27N3S. The van der Waals surface area contributed by atoms with Crippen LogP contribution in [-0.2, 0) is 0 Å². The van der Waals surface area contributed by atoms with Gasteiger partial charge in [0.05, 0.1) is 27.8 Å². The van der Waals surface area contributed by atoms with Gasteiger partial charge in [0, 0.05) is 48.1 Å². The van der Waals surface area contributed by atoms with Crippen molar-refractivity contribution in [3.63, 3.8) is 0 Å². The van der Waals surface area contributed by atoms with Gasteiger partial charge >= 0.3 is 0 Å². The Morgan fingerprint density at radius 2 is 1.10 bits per heavy atom. The molecule has 8 aromatic carbocycles. The summed E-state index contributed by atoms with van der Waals surface area (Å²) in [4.78, 5) is 2.53. The van der Waals surface area contributed by atoms with Crippen molar-refractivity contribution in [3.8, 4) is 17.1 Å². The lowest BCUT2D eigenvalue weighted by Crippen LogP contribution is -2.06. The van der Waals surface area contributed by atoms with Crippen molar-refractivity contribution >= 4 is 88.0 Å². The maximum Gasteiger partial charge on any atom is 0.131 e. The van der Waals surface area contributed by atoms with Crippen LogP contribution < -0.4 is 0 Å². The van der Waals surface area contributed by atoms with E-state index < -0.39 is 0 Å². The Morgan fingerprint density at radius 3 is 1.98 bits per heavy atom. The SMILES string of the molecule is c1ccc(-n2c3ccccc3c3c4cccc5c4n(c32)-c2ccc(-n3c4cc6ccccc6cc4c4c6ccccc6ccc43)cc2S5)cc1. The zero-order chi connectivity index (χ0) is 32.5. The Bertz CT molecular complexity index is 3230. The van der Waals surface area contributed by atoms with Crippen LogP contribution in [0, 0.1) is 0 Å². The molecule has 0 unspecified atom stereocenters. The Hall–Kier alpha value is -6.23. The molecule has 4 heteroatoms. The molecule has 232 valence electrons. The van der Waals surface area contributed by atoms with E-state index in [2.05, 4.69) is 177 Å². The second-order valence-corrected chi connectivity index (χ2v) is 14.4. The Morgan fingerprint density at radius 1 is 0.360 bits per heavy atom. The summed E-state index contributed by atoms with van der Waals surface area (Å²) in [6, 6.07) is 60.4. The van der Waals surface area contributed by atoms with Gasteiger partial charge in [-0.25, -0.2) is 0 Å². The summed E-state index contributed by atoms with van der Waals surface area (Å²) in [5.41, 5.74) is 9.73. The maximum atomic E-state index is 2.52. The van der Waals surface area contributed by atoms with Gasteiger partial charge in [-0.1, -0.05) is 115 Å². The van der Waals surface area contributed by atoms with Gasteiger partial charge in [0.15, 0.2) is 0 Å². The minimum atomic E-state index is 1.17. The topological polar surface area (TPSA) is 14.8 Å². The van der Waals surface area contributed by atoms with E-state index in [4.69, 9.17) is 0 Å². The van der Waals surface area contributed by atoms with E-state index in [-0.39, 0.29) is 0 Å². The predicted molar refractivity (Wildman–Crippen MR) is 211 cm³/mol. The molecule has 4 heterocycles. The fraction of sp³-hybridized carbons (Fsp3) is 0. The summed E-state index contributed by atoms with van der Waals surface area (Å²) in [7, 11) is 0. The predicted octanol–water partition coefficient (Wildman–Crippen LogP) is 12.6. The third-order valence-corrected chi connectivity index (χ3v) is 11.8. The molecule has 3 nitrogen and oxygen atoms in total. The number of nitrogens with zero attached hydrogens (tertiary/aromatic N) is 3. The van der Waals surface area contributed by atoms with Gasteiger partial charge in [-0.3, -0.25) is 9.13 Å². The van der Waals surface area contributed by atoms with Gasteiger partial charge in [0.2, 0.25) is 0 Å². The van der Waals surface area contributed by atoms with Crippen molar-refractivity contribution in [1.82, 2.24) is 13.7 Å². The van der Waals surface area contributed by atoms with Crippen LogP contribution in [0.5, 0.6) is 0 Å². The van der Waals surface area contributed by atoms with Crippen molar-refractivity contribution < 1.29 is 0 Å². The van der Waals surface area contributed by atoms with Gasteiger partial charge in [-0.05, 0) is 82.2 Å². The van der Waals surface area contributed by atoms with Gasteiger partial charge in [-0.15, -0.1) is 0 Å². The highest BCUT2D eigenvalue weighted by atomic mass is 32.2. The monoisotopic (exact) mass is 653 g/mol. The molecule has 0 bridgehead atoms. The van der Waals surface area contributed by atoms with E-state index in [1.807, 2.05) is 11.8 Å². The van der Waals surface area contributed by atoms with Crippen molar-refractivity contribution in [2.24, 2.45) is 0 Å². The lowest BCUT2D eigenvalue weighted by molar-refractivity contribution is 1.02. The molecule has 0 N–H and O–H groups in total. The summed E-state index contributed by atoms with van der Waals surface area (Å²) >= 11 is 1.88. The molecule has 0 saturated carbocycles. The minimum absolute atomic E-state index is 1.17. The second kappa shape index (κ2) is 9.69. The average molecular weight is 654 g/mol. The zero-order valence-corrected chi connectivity index (χ0v) is 27.7. The summed E-state index contributed by atoms with van der Waals surface area (Å²) in [6.07, 6.45) is 0. The number of fused-ring (bicyclic) bond motifs is 13. The first-order valence-corrected chi connectivity index (χ1v) is 17.9. The molecular weight excluding hydrogens is 627 g/mol. The lowest BCUT2D eigenvalue weighted by atomic mass is 10.0. The molecule has 0 atom stereocenters. The number of aromatic nitrogens is 3. The molecule has 50 heavy (non-hydrogen) atoms. The Labute approximate surface area is 291 Å². The van der Waals surface area contributed by atoms with Crippen LogP contribution in [0.3, 0.4) is 0 Å². The third kappa shape index (κ3) is 3.41. The van der Waals surface area contributed by atoms with Crippen molar-refractivity contribution in [2.75, 3.05) is 0 Å². The standard InChI is InChI=1S/C46H27N3S/c1-2-14-31(15-3-1)48-37-19-9-8-17-34(37)44-35-18-10-20-41-45(35)49(46(44)48)38-24-22-32(27-42(38)50-41)47-39-23-21-28-11-6-7-16-33(28)43(39)36-25-29-12-4-5-13-30(29)26-40(36)47/h1-27H. The molecule has 1 aliphatic rings. The molecule has 0 fully saturated rings. The van der Waals surface area contributed by atoms with Gasteiger partial charge in [0.25, 0.3) is 0 Å². The highest BCUT2D eigenvalue weighted by Gasteiger charge is 2.28. The Balaban J connectivity index is 1.18. The smallest absolute Gasteiger partial charge is 0.131 e. The number of hydrogen-bond donors (Lipinski definition) is 0. The van der Waals surface area contributed by atoms with Gasteiger partial charge in [-0.2, -0.15) is 0 Å². The summed E-state index contributed by atoms with van der Waals surface area (Å²) in [6.45, 7) is 0. The summed E-state index contributed by atoms with van der Waals surface area (Å²) in [5, 5.41) is 11.5. The van der Waals surface area contributed by atoms with Crippen molar-refractivity contribution in [1.29, 1.82) is 0 Å². The van der Waals surface area contributed by atoms with Crippen molar-refractivity contribution in [3.05, 3.63) is 164 Å². The van der Waals surface area contributed by atoms with E-state index in [1.165, 1.54) is 103 Å². The molecule has 0 amide bonds. The van der Waals surface area contributed by atoms with E-state index in [0.29, 0.717) is 0 Å². The first-order chi connectivity index (χ1) is 24.8. The van der Waals surface area contributed by atoms with Crippen LogP contribution in [-0.4, -0.2) is 13.7 Å². The normalized spacial score (nSPS) is 12.7. The fourth-order valence-electron chi connectivity index (χ4n) is 8.70. The molecule has 3 aromatic heterocycles.